The fraction of sp³-hybridized carbons (Fsp3) is 0.267. The molecule has 8 heteroatoms. The summed E-state index contributed by atoms with van der Waals surface area (Å²) in [5.74, 6) is -0.473. The number of nitrogens with two attached hydrogens (primary N) is 2. The van der Waals surface area contributed by atoms with Gasteiger partial charge in [-0.2, -0.15) is 0 Å². The molecule has 0 saturated heterocycles. The second kappa shape index (κ2) is 7.40. The lowest BCUT2D eigenvalue weighted by molar-refractivity contribution is 0.0704. The number of sulfonamides is 1. The lowest BCUT2D eigenvalue weighted by Gasteiger charge is -2.21. The van der Waals surface area contributed by atoms with E-state index in [2.05, 4.69) is 0 Å². The number of furan rings is 1. The zero-order valence-electron chi connectivity index (χ0n) is 12.5. The third kappa shape index (κ3) is 4.65. The molecule has 1 aromatic heterocycles. The van der Waals surface area contributed by atoms with E-state index in [1.807, 2.05) is 30.3 Å². The van der Waals surface area contributed by atoms with E-state index in [0.717, 1.165) is 5.56 Å². The van der Waals surface area contributed by atoms with Crippen molar-refractivity contribution in [1.82, 2.24) is 4.90 Å². The van der Waals surface area contributed by atoms with Crippen molar-refractivity contribution in [3.63, 3.8) is 0 Å². The molecular formula is C15H19N3O4S. The number of hydrogen-bond donors (Lipinski definition) is 2. The first kappa shape index (κ1) is 17.2. The van der Waals surface area contributed by atoms with Crippen LogP contribution in [-0.2, 0) is 16.6 Å². The largest absolute Gasteiger partial charge is 0.438 e. The van der Waals surface area contributed by atoms with Crippen molar-refractivity contribution >= 4 is 15.9 Å². The highest BCUT2D eigenvalue weighted by Crippen LogP contribution is 2.16. The van der Waals surface area contributed by atoms with Gasteiger partial charge >= 0.3 is 0 Å². The Labute approximate surface area is 134 Å². The lowest BCUT2D eigenvalue weighted by Crippen LogP contribution is -2.32. The Kier molecular flexibility index (Phi) is 5.54. The predicted molar refractivity (Wildman–Crippen MR) is 84.9 cm³/mol. The van der Waals surface area contributed by atoms with Crippen molar-refractivity contribution in [2.45, 2.75) is 18.1 Å². The van der Waals surface area contributed by atoms with Crippen LogP contribution in [0.25, 0.3) is 0 Å². The van der Waals surface area contributed by atoms with Gasteiger partial charge in [-0.05, 0) is 30.7 Å². The second-order valence-corrected chi connectivity index (χ2v) is 6.51. The number of amides is 1. The van der Waals surface area contributed by atoms with E-state index in [1.165, 1.54) is 12.1 Å². The van der Waals surface area contributed by atoms with Gasteiger partial charge in [-0.25, -0.2) is 13.6 Å². The molecule has 0 aliphatic rings. The fourth-order valence-electron chi connectivity index (χ4n) is 2.08. The quantitative estimate of drug-likeness (QED) is 0.778. The van der Waals surface area contributed by atoms with Crippen molar-refractivity contribution < 1.29 is 17.6 Å². The Balaban J connectivity index is 2.20. The first-order chi connectivity index (χ1) is 10.9. The van der Waals surface area contributed by atoms with Gasteiger partial charge in [0.15, 0.2) is 5.76 Å². The Morgan fingerprint density at radius 2 is 1.83 bits per heavy atom. The van der Waals surface area contributed by atoms with Crippen molar-refractivity contribution in [2.75, 3.05) is 13.1 Å². The first-order valence-electron chi connectivity index (χ1n) is 7.07. The van der Waals surface area contributed by atoms with E-state index in [9.17, 15) is 13.2 Å². The molecule has 7 nitrogen and oxygen atoms in total. The van der Waals surface area contributed by atoms with Crippen molar-refractivity contribution in [1.29, 1.82) is 0 Å². The molecule has 0 fully saturated rings. The van der Waals surface area contributed by atoms with Crippen LogP contribution in [0, 0.1) is 0 Å². The molecule has 0 bridgehead atoms. The number of carbonyl (C=O) groups is 1. The minimum absolute atomic E-state index is 0.0676. The van der Waals surface area contributed by atoms with Crippen LogP contribution in [0.4, 0.5) is 0 Å². The van der Waals surface area contributed by atoms with E-state index in [1.54, 1.807) is 4.90 Å². The summed E-state index contributed by atoms with van der Waals surface area (Å²) in [4.78, 5) is 14.1. The number of primary sulfonamides is 1. The SMILES string of the molecule is NCCCN(Cc1ccccc1)C(=O)c1ccc(S(N)(=O)=O)o1. The Bertz CT molecular complexity index is 756. The molecule has 124 valence electrons. The molecule has 1 aromatic carbocycles. The van der Waals surface area contributed by atoms with E-state index >= 15 is 0 Å². The van der Waals surface area contributed by atoms with Gasteiger partial charge in [0.1, 0.15) is 0 Å². The fourth-order valence-corrected chi connectivity index (χ4v) is 2.55. The zero-order chi connectivity index (χ0) is 16.9. The van der Waals surface area contributed by atoms with Crippen LogP contribution in [0.1, 0.15) is 22.5 Å². The number of rotatable bonds is 7. The number of nitrogens with zero attached hydrogens (tertiary/aromatic N) is 1. The maximum absolute atomic E-state index is 12.6. The third-order valence-corrected chi connectivity index (χ3v) is 3.99. The molecule has 4 N–H and O–H groups in total. The molecule has 1 amide bonds. The molecule has 0 saturated carbocycles. The van der Waals surface area contributed by atoms with Crippen LogP contribution >= 0.6 is 0 Å². The first-order valence-corrected chi connectivity index (χ1v) is 8.62. The maximum Gasteiger partial charge on any atom is 0.289 e. The summed E-state index contributed by atoms with van der Waals surface area (Å²) in [6.07, 6.45) is 0.626. The van der Waals surface area contributed by atoms with E-state index in [-0.39, 0.29) is 5.76 Å². The summed E-state index contributed by atoms with van der Waals surface area (Å²) in [6, 6.07) is 11.9. The highest BCUT2D eigenvalue weighted by Gasteiger charge is 2.22. The van der Waals surface area contributed by atoms with Crippen LogP contribution in [-0.4, -0.2) is 32.3 Å². The molecule has 0 radical (unpaired) electrons. The van der Waals surface area contributed by atoms with E-state index < -0.39 is 21.0 Å². The molecule has 2 aromatic rings. The van der Waals surface area contributed by atoms with Crippen LogP contribution in [0.3, 0.4) is 0 Å². The lowest BCUT2D eigenvalue weighted by atomic mass is 10.2. The van der Waals surface area contributed by atoms with Gasteiger partial charge in [0.25, 0.3) is 15.9 Å². The number of carbonyl (C=O) groups excluding carboxylic acids is 1. The average Bonchev–Trinajstić information content (AvgIpc) is 3.02. The van der Waals surface area contributed by atoms with Crippen LogP contribution in [0.15, 0.2) is 52.0 Å². The van der Waals surface area contributed by atoms with Gasteiger partial charge in [0.05, 0.1) is 0 Å². The Morgan fingerprint density at radius 1 is 1.13 bits per heavy atom. The molecule has 0 atom stereocenters. The topological polar surface area (TPSA) is 120 Å². The van der Waals surface area contributed by atoms with Gasteiger partial charge in [-0.3, -0.25) is 4.79 Å². The predicted octanol–water partition coefficient (Wildman–Crippen LogP) is 0.918. The third-order valence-electron chi connectivity index (χ3n) is 3.21. The van der Waals surface area contributed by atoms with E-state index in [4.69, 9.17) is 15.3 Å². The molecule has 1 heterocycles. The highest BCUT2D eigenvalue weighted by atomic mass is 32.2. The summed E-state index contributed by atoms with van der Waals surface area (Å²) < 4.78 is 27.6. The number of benzene rings is 1. The zero-order valence-corrected chi connectivity index (χ0v) is 13.3. The molecule has 0 aliphatic carbocycles. The molecular weight excluding hydrogens is 318 g/mol. The summed E-state index contributed by atoms with van der Waals surface area (Å²) in [7, 11) is -3.97. The molecule has 0 unspecified atom stereocenters. The molecule has 0 aliphatic heterocycles. The minimum atomic E-state index is -3.97. The number of hydrogen-bond acceptors (Lipinski definition) is 5. The summed E-state index contributed by atoms with van der Waals surface area (Å²) in [5.41, 5.74) is 6.47. The molecule has 23 heavy (non-hydrogen) atoms. The van der Waals surface area contributed by atoms with Crippen LogP contribution < -0.4 is 10.9 Å². The average molecular weight is 337 g/mol. The standard InChI is InChI=1S/C15H19N3O4S/c16-9-4-10-18(11-12-5-2-1-3-6-12)15(19)13-7-8-14(22-13)23(17,20)21/h1-3,5-8H,4,9-11,16H2,(H2,17,20,21). The van der Waals surface area contributed by atoms with E-state index in [0.29, 0.717) is 26.1 Å². The minimum Gasteiger partial charge on any atom is -0.438 e. The summed E-state index contributed by atoms with van der Waals surface area (Å²) in [5, 5.41) is 4.56. The Hall–Kier alpha value is -2.16. The highest BCUT2D eigenvalue weighted by molar-refractivity contribution is 7.89. The van der Waals surface area contributed by atoms with Crippen molar-refractivity contribution in [2.24, 2.45) is 10.9 Å². The van der Waals surface area contributed by atoms with Crippen molar-refractivity contribution in [3.8, 4) is 0 Å². The molecule has 0 spiro atoms. The van der Waals surface area contributed by atoms with Crippen LogP contribution in [0.2, 0.25) is 0 Å². The Morgan fingerprint density at radius 3 is 2.39 bits per heavy atom. The molecule has 2 rings (SSSR count). The summed E-state index contributed by atoms with van der Waals surface area (Å²) >= 11 is 0. The monoisotopic (exact) mass is 337 g/mol. The van der Waals surface area contributed by atoms with Gasteiger partial charge in [0.2, 0.25) is 5.09 Å². The van der Waals surface area contributed by atoms with Gasteiger partial charge in [0, 0.05) is 13.1 Å². The van der Waals surface area contributed by atoms with Crippen LogP contribution in [0.5, 0.6) is 0 Å². The second-order valence-electron chi connectivity index (χ2n) is 5.02. The normalized spacial score (nSPS) is 11.4. The van der Waals surface area contributed by atoms with Crippen molar-refractivity contribution in [3.05, 3.63) is 53.8 Å². The maximum atomic E-state index is 12.6. The van der Waals surface area contributed by atoms with Gasteiger partial charge in [-0.15, -0.1) is 0 Å². The van der Waals surface area contributed by atoms with Gasteiger partial charge < -0.3 is 15.1 Å². The smallest absolute Gasteiger partial charge is 0.289 e. The van der Waals surface area contributed by atoms with Gasteiger partial charge in [-0.1, -0.05) is 30.3 Å². The summed E-state index contributed by atoms with van der Waals surface area (Å²) in [6.45, 7) is 1.26.